The van der Waals surface area contributed by atoms with E-state index in [0.29, 0.717) is 18.3 Å². The molecule has 1 fully saturated rings. The van der Waals surface area contributed by atoms with Gasteiger partial charge >= 0.3 is 0 Å². The lowest BCUT2D eigenvalue weighted by molar-refractivity contribution is 0.139. The molecule has 1 unspecified atom stereocenters. The summed E-state index contributed by atoms with van der Waals surface area (Å²) in [6.07, 6.45) is 0.947. The minimum Gasteiger partial charge on any atom is -0.471 e. The SMILES string of the molecule is ClCc1nc(OC2CCOC2)c2ccc(Br)cc2n1. The summed E-state index contributed by atoms with van der Waals surface area (Å²) in [5, 5.41) is 0.893. The first-order chi connectivity index (χ1) is 9.26. The quantitative estimate of drug-likeness (QED) is 0.802. The fourth-order valence-corrected chi connectivity index (χ4v) is 2.50. The highest BCUT2D eigenvalue weighted by molar-refractivity contribution is 9.10. The van der Waals surface area contributed by atoms with Crippen LogP contribution in [-0.4, -0.2) is 29.3 Å². The lowest BCUT2D eigenvalue weighted by Crippen LogP contribution is -2.17. The summed E-state index contributed by atoms with van der Waals surface area (Å²) in [6, 6.07) is 5.83. The molecule has 0 saturated carbocycles. The summed E-state index contributed by atoms with van der Waals surface area (Å²) >= 11 is 9.28. The van der Waals surface area contributed by atoms with Gasteiger partial charge in [-0.15, -0.1) is 11.6 Å². The first kappa shape index (κ1) is 13.1. The number of hydrogen-bond acceptors (Lipinski definition) is 4. The molecule has 0 aliphatic carbocycles. The molecule has 4 nitrogen and oxygen atoms in total. The second-order valence-electron chi connectivity index (χ2n) is 4.34. The van der Waals surface area contributed by atoms with Crippen molar-refractivity contribution < 1.29 is 9.47 Å². The van der Waals surface area contributed by atoms with Crippen molar-refractivity contribution in [2.45, 2.75) is 18.4 Å². The monoisotopic (exact) mass is 342 g/mol. The Morgan fingerprint density at radius 1 is 1.42 bits per heavy atom. The van der Waals surface area contributed by atoms with Crippen LogP contribution in [0.4, 0.5) is 0 Å². The van der Waals surface area contributed by atoms with Gasteiger partial charge in [-0.3, -0.25) is 0 Å². The Morgan fingerprint density at radius 3 is 3.05 bits per heavy atom. The number of halogens is 2. The first-order valence-corrected chi connectivity index (χ1v) is 7.35. The molecule has 0 N–H and O–H groups in total. The van der Waals surface area contributed by atoms with E-state index in [2.05, 4.69) is 25.9 Å². The van der Waals surface area contributed by atoms with Crippen LogP contribution in [0.5, 0.6) is 5.88 Å². The predicted octanol–water partition coefficient (Wildman–Crippen LogP) is 3.30. The van der Waals surface area contributed by atoms with E-state index < -0.39 is 0 Å². The third-order valence-corrected chi connectivity index (χ3v) is 3.69. The predicted molar refractivity (Wildman–Crippen MR) is 76.6 cm³/mol. The number of aromatic nitrogens is 2. The van der Waals surface area contributed by atoms with Gasteiger partial charge in [-0.05, 0) is 18.2 Å². The van der Waals surface area contributed by atoms with Crippen molar-refractivity contribution in [3.8, 4) is 5.88 Å². The van der Waals surface area contributed by atoms with Crippen molar-refractivity contribution in [1.82, 2.24) is 9.97 Å². The maximum Gasteiger partial charge on any atom is 0.225 e. The molecule has 2 heterocycles. The molecular weight excluding hydrogens is 332 g/mol. The smallest absolute Gasteiger partial charge is 0.225 e. The summed E-state index contributed by atoms with van der Waals surface area (Å²) in [5.41, 5.74) is 0.828. The summed E-state index contributed by atoms with van der Waals surface area (Å²) in [6.45, 7) is 1.35. The minimum atomic E-state index is 0.0601. The molecule has 1 aliphatic heterocycles. The van der Waals surface area contributed by atoms with Crippen LogP contribution in [0.3, 0.4) is 0 Å². The summed E-state index contributed by atoms with van der Waals surface area (Å²) < 4.78 is 12.2. The molecule has 1 atom stereocenters. The molecule has 1 aromatic carbocycles. The Balaban J connectivity index is 2.04. The summed E-state index contributed by atoms with van der Waals surface area (Å²) in [7, 11) is 0. The molecule has 0 bridgehead atoms. The molecule has 1 aliphatic rings. The number of ether oxygens (including phenoxy) is 2. The minimum absolute atomic E-state index is 0.0601. The van der Waals surface area contributed by atoms with E-state index in [0.717, 1.165) is 28.4 Å². The van der Waals surface area contributed by atoms with Crippen molar-refractivity contribution in [3.05, 3.63) is 28.5 Å². The number of nitrogens with zero attached hydrogens (tertiary/aromatic N) is 2. The maximum atomic E-state index is 5.92. The Bertz CT molecular complexity index is 602. The zero-order valence-electron chi connectivity index (χ0n) is 10.1. The lowest BCUT2D eigenvalue weighted by atomic mass is 10.2. The second kappa shape index (κ2) is 5.61. The zero-order chi connectivity index (χ0) is 13.2. The van der Waals surface area contributed by atoms with E-state index in [4.69, 9.17) is 21.1 Å². The fourth-order valence-electron chi connectivity index (χ4n) is 2.03. The molecule has 1 aromatic heterocycles. The van der Waals surface area contributed by atoms with E-state index in [-0.39, 0.29) is 12.0 Å². The van der Waals surface area contributed by atoms with Crippen LogP contribution in [0, 0.1) is 0 Å². The van der Waals surface area contributed by atoms with Gasteiger partial charge in [-0.25, -0.2) is 4.98 Å². The summed E-state index contributed by atoms with van der Waals surface area (Å²) in [5.74, 6) is 1.42. The molecule has 0 amide bonds. The van der Waals surface area contributed by atoms with Crippen LogP contribution in [0.2, 0.25) is 0 Å². The van der Waals surface area contributed by atoms with Crippen LogP contribution in [0.15, 0.2) is 22.7 Å². The van der Waals surface area contributed by atoms with Crippen LogP contribution in [0.1, 0.15) is 12.2 Å². The first-order valence-electron chi connectivity index (χ1n) is 6.03. The summed E-state index contributed by atoms with van der Waals surface area (Å²) in [4.78, 5) is 8.78. The number of alkyl halides is 1. The topological polar surface area (TPSA) is 44.2 Å². The highest BCUT2D eigenvalue weighted by Gasteiger charge is 2.19. The normalized spacial score (nSPS) is 18.9. The molecule has 1 saturated heterocycles. The van der Waals surface area contributed by atoms with E-state index in [1.807, 2.05) is 18.2 Å². The van der Waals surface area contributed by atoms with Gasteiger partial charge < -0.3 is 9.47 Å². The second-order valence-corrected chi connectivity index (χ2v) is 5.53. The molecular formula is C13H12BrClN2O2. The third kappa shape index (κ3) is 2.83. The van der Waals surface area contributed by atoms with Crippen LogP contribution in [-0.2, 0) is 10.6 Å². The fraction of sp³-hybridized carbons (Fsp3) is 0.385. The Morgan fingerprint density at radius 2 is 2.32 bits per heavy atom. The Labute approximate surface area is 124 Å². The van der Waals surface area contributed by atoms with Gasteiger partial charge in [0.1, 0.15) is 11.9 Å². The van der Waals surface area contributed by atoms with Crippen molar-refractivity contribution >= 4 is 38.4 Å². The maximum absolute atomic E-state index is 5.92. The van der Waals surface area contributed by atoms with E-state index >= 15 is 0 Å². The van der Waals surface area contributed by atoms with Crippen LogP contribution in [0.25, 0.3) is 10.9 Å². The highest BCUT2D eigenvalue weighted by atomic mass is 79.9. The number of rotatable bonds is 3. The number of hydrogen-bond donors (Lipinski definition) is 0. The van der Waals surface area contributed by atoms with E-state index in [1.165, 1.54) is 0 Å². The van der Waals surface area contributed by atoms with Gasteiger partial charge in [0.25, 0.3) is 0 Å². The molecule has 3 rings (SSSR count). The van der Waals surface area contributed by atoms with Gasteiger partial charge in [0.15, 0.2) is 0 Å². The molecule has 6 heteroatoms. The molecule has 19 heavy (non-hydrogen) atoms. The van der Waals surface area contributed by atoms with Crippen LogP contribution < -0.4 is 4.74 Å². The third-order valence-electron chi connectivity index (χ3n) is 2.96. The lowest BCUT2D eigenvalue weighted by Gasteiger charge is -2.13. The van der Waals surface area contributed by atoms with Crippen molar-refractivity contribution in [2.24, 2.45) is 0 Å². The van der Waals surface area contributed by atoms with Gasteiger partial charge in [0.05, 0.1) is 30.0 Å². The molecule has 100 valence electrons. The standard InChI is InChI=1S/C13H12BrClN2O2/c14-8-1-2-10-11(5-8)16-12(6-15)17-13(10)19-9-3-4-18-7-9/h1-2,5,9H,3-4,6-7H2. The molecule has 0 spiro atoms. The van der Waals surface area contributed by atoms with Crippen LogP contribution >= 0.6 is 27.5 Å². The molecule has 2 aromatic rings. The van der Waals surface area contributed by atoms with E-state index in [1.54, 1.807) is 0 Å². The van der Waals surface area contributed by atoms with Gasteiger partial charge in [0.2, 0.25) is 5.88 Å². The average molecular weight is 344 g/mol. The zero-order valence-corrected chi connectivity index (χ0v) is 12.4. The number of benzene rings is 1. The van der Waals surface area contributed by atoms with Crippen molar-refractivity contribution in [3.63, 3.8) is 0 Å². The highest BCUT2D eigenvalue weighted by Crippen LogP contribution is 2.27. The van der Waals surface area contributed by atoms with Gasteiger partial charge in [-0.1, -0.05) is 15.9 Å². The molecule has 0 radical (unpaired) electrons. The van der Waals surface area contributed by atoms with Gasteiger partial charge in [-0.2, -0.15) is 4.98 Å². The Hall–Kier alpha value is -0.910. The van der Waals surface area contributed by atoms with E-state index in [9.17, 15) is 0 Å². The van der Waals surface area contributed by atoms with Crippen molar-refractivity contribution in [1.29, 1.82) is 0 Å². The number of fused-ring (bicyclic) bond motifs is 1. The average Bonchev–Trinajstić information content (AvgIpc) is 2.90. The largest absolute Gasteiger partial charge is 0.471 e. The Kier molecular flexibility index (Phi) is 3.86. The van der Waals surface area contributed by atoms with Gasteiger partial charge in [0, 0.05) is 10.9 Å². The van der Waals surface area contributed by atoms with Crippen molar-refractivity contribution in [2.75, 3.05) is 13.2 Å².